The molecule has 5 rings (SSSR count). The number of benzene rings is 1. The highest BCUT2D eigenvalue weighted by Crippen LogP contribution is 2.62. The standard InChI is InChI=1S/C27H39NO6/c1-26-8-4-9-27(17-33-27)24(26)13-19-20(25(30)34-23(19)14-26)16-28(10-5-11-29)15-18-6-7-21(31-2)22(12-18)32-3/h6-7,12,19-20,23-24,29H,4-5,8-11,13-17H2,1-3H3/t19-,20-,23-,24-,26-,27-/m1/s1. The van der Waals surface area contributed by atoms with E-state index in [1.807, 2.05) is 18.2 Å². The minimum Gasteiger partial charge on any atom is -0.493 e. The van der Waals surface area contributed by atoms with Crippen LogP contribution in [0.4, 0.5) is 0 Å². The first-order valence-corrected chi connectivity index (χ1v) is 12.8. The second-order valence-corrected chi connectivity index (χ2v) is 11.1. The Hall–Kier alpha value is -1.83. The Kier molecular flexibility index (Phi) is 6.55. The molecule has 2 saturated carbocycles. The molecular formula is C27H39NO6. The number of methoxy groups -OCH3 is 2. The van der Waals surface area contributed by atoms with E-state index < -0.39 is 0 Å². The van der Waals surface area contributed by atoms with Crippen LogP contribution in [0.25, 0.3) is 0 Å². The van der Waals surface area contributed by atoms with Gasteiger partial charge in [0.15, 0.2) is 11.5 Å². The van der Waals surface area contributed by atoms with Crippen molar-refractivity contribution in [3.05, 3.63) is 23.8 Å². The Labute approximate surface area is 202 Å². The van der Waals surface area contributed by atoms with Crippen molar-refractivity contribution < 1.29 is 28.8 Å². The van der Waals surface area contributed by atoms with Crippen molar-refractivity contribution >= 4 is 5.97 Å². The Bertz CT molecular complexity index is 901. The van der Waals surface area contributed by atoms with Crippen LogP contribution >= 0.6 is 0 Å². The number of aliphatic hydroxyl groups excluding tert-OH is 1. The number of ether oxygens (including phenoxy) is 4. The number of nitrogens with zero attached hydrogens (tertiary/aromatic N) is 1. The van der Waals surface area contributed by atoms with Crippen LogP contribution in [0.3, 0.4) is 0 Å². The summed E-state index contributed by atoms with van der Waals surface area (Å²) in [6.07, 6.45) is 6.24. The number of rotatable bonds is 9. The van der Waals surface area contributed by atoms with E-state index in [1.54, 1.807) is 14.2 Å². The van der Waals surface area contributed by atoms with Crippen molar-refractivity contribution in [2.45, 2.75) is 63.7 Å². The van der Waals surface area contributed by atoms with Crippen LogP contribution in [0.5, 0.6) is 11.5 Å². The highest BCUT2D eigenvalue weighted by atomic mass is 16.6. The topological polar surface area (TPSA) is 80.8 Å². The van der Waals surface area contributed by atoms with Crippen molar-refractivity contribution in [3.8, 4) is 11.5 Å². The largest absolute Gasteiger partial charge is 0.493 e. The zero-order chi connectivity index (χ0) is 23.9. The molecule has 7 nitrogen and oxygen atoms in total. The molecule has 2 saturated heterocycles. The summed E-state index contributed by atoms with van der Waals surface area (Å²) in [6, 6.07) is 5.94. The summed E-state index contributed by atoms with van der Waals surface area (Å²) in [5.74, 6) is 1.97. The summed E-state index contributed by atoms with van der Waals surface area (Å²) in [7, 11) is 3.27. The molecule has 4 aliphatic rings. The van der Waals surface area contributed by atoms with E-state index in [1.165, 1.54) is 12.8 Å². The first-order valence-electron chi connectivity index (χ1n) is 12.8. The van der Waals surface area contributed by atoms with E-state index in [4.69, 9.17) is 18.9 Å². The van der Waals surface area contributed by atoms with E-state index in [2.05, 4.69) is 11.8 Å². The molecule has 0 radical (unpaired) electrons. The lowest BCUT2D eigenvalue weighted by Gasteiger charge is -2.51. The molecule has 0 unspecified atom stereocenters. The molecule has 0 amide bonds. The number of hydrogen-bond donors (Lipinski definition) is 1. The van der Waals surface area contributed by atoms with E-state index in [9.17, 15) is 9.90 Å². The molecule has 1 aromatic rings. The lowest BCUT2D eigenvalue weighted by atomic mass is 9.53. The Balaban J connectivity index is 1.33. The van der Waals surface area contributed by atoms with Gasteiger partial charge in [-0.2, -0.15) is 0 Å². The maximum Gasteiger partial charge on any atom is 0.310 e. The number of fused-ring (bicyclic) bond motifs is 3. The van der Waals surface area contributed by atoms with Crippen LogP contribution in [0.15, 0.2) is 18.2 Å². The molecule has 1 aromatic carbocycles. The number of aliphatic hydroxyl groups is 1. The van der Waals surface area contributed by atoms with E-state index >= 15 is 0 Å². The summed E-state index contributed by atoms with van der Waals surface area (Å²) < 4.78 is 22.9. The average Bonchev–Trinajstić information content (AvgIpc) is 3.53. The second kappa shape index (κ2) is 9.32. The monoisotopic (exact) mass is 473 g/mol. The van der Waals surface area contributed by atoms with Gasteiger partial charge >= 0.3 is 5.97 Å². The lowest BCUT2D eigenvalue weighted by Crippen LogP contribution is -2.51. The van der Waals surface area contributed by atoms with Crippen molar-refractivity contribution in [2.75, 3.05) is 40.5 Å². The van der Waals surface area contributed by atoms with Crippen LogP contribution in [0.2, 0.25) is 0 Å². The molecule has 1 N–H and O–H groups in total. The highest BCUT2D eigenvalue weighted by molar-refractivity contribution is 5.75. The van der Waals surface area contributed by atoms with Crippen LogP contribution in [-0.4, -0.2) is 68.2 Å². The van der Waals surface area contributed by atoms with Gasteiger partial charge in [0.05, 0.1) is 32.3 Å². The van der Waals surface area contributed by atoms with Gasteiger partial charge in [-0.3, -0.25) is 9.69 Å². The number of hydrogen-bond acceptors (Lipinski definition) is 7. The molecule has 4 fully saturated rings. The minimum atomic E-state index is -0.133. The van der Waals surface area contributed by atoms with Gasteiger partial charge in [-0.15, -0.1) is 0 Å². The molecule has 0 bridgehead atoms. The first-order chi connectivity index (χ1) is 16.4. The Morgan fingerprint density at radius 2 is 2.00 bits per heavy atom. The number of esters is 1. The van der Waals surface area contributed by atoms with Crippen LogP contribution in [0.1, 0.15) is 51.0 Å². The van der Waals surface area contributed by atoms with Gasteiger partial charge in [-0.1, -0.05) is 13.0 Å². The third kappa shape index (κ3) is 4.31. The average molecular weight is 474 g/mol. The number of carbonyl (C=O) groups excluding carboxylic acids is 1. The van der Waals surface area contributed by atoms with Crippen molar-refractivity contribution in [2.24, 2.45) is 23.2 Å². The number of carbonyl (C=O) groups is 1. The quantitative estimate of drug-likeness (QED) is 0.435. The molecule has 6 atom stereocenters. The maximum atomic E-state index is 13.1. The molecule has 7 heteroatoms. The third-order valence-corrected chi connectivity index (χ3v) is 9.02. The Morgan fingerprint density at radius 3 is 2.71 bits per heavy atom. The summed E-state index contributed by atoms with van der Waals surface area (Å²) >= 11 is 0. The maximum absolute atomic E-state index is 13.1. The number of epoxide rings is 1. The molecule has 34 heavy (non-hydrogen) atoms. The molecular weight excluding hydrogens is 434 g/mol. The van der Waals surface area contributed by atoms with Crippen molar-refractivity contribution in [3.63, 3.8) is 0 Å². The van der Waals surface area contributed by atoms with Gasteiger partial charge < -0.3 is 24.1 Å². The third-order valence-electron chi connectivity index (χ3n) is 9.02. The van der Waals surface area contributed by atoms with Gasteiger partial charge in [0.2, 0.25) is 0 Å². The fourth-order valence-corrected chi connectivity index (χ4v) is 7.21. The van der Waals surface area contributed by atoms with E-state index in [0.29, 0.717) is 36.9 Å². The van der Waals surface area contributed by atoms with Crippen molar-refractivity contribution in [1.82, 2.24) is 4.90 Å². The molecule has 1 spiro atoms. The first kappa shape index (κ1) is 23.9. The smallest absolute Gasteiger partial charge is 0.310 e. The SMILES string of the molecule is COc1ccc(CN(CCCO)C[C@H]2C(=O)O[C@@H]3C[C@@]4(C)CCC[C@@]5(CO5)[C@@H]4C[C@@H]32)cc1OC. The minimum absolute atomic E-state index is 0.0217. The molecule has 188 valence electrons. The van der Waals surface area contributed by atoms with Gasteiger partial charge in [0.1, 0.15) is 6.10 Å². The predicted octanol–water partition coefficient (Wildman–Crippen LogP) is 3.42. The summed E-state index contributed by atoms with van der Waals surface area (Å²) in [5, 5.41) is 9.49. The molecule has 2 aliphatic carbocycles. The van der Waals surface area contributed by atoms with Gasteiger partial charge in [-0.05, 0) is 67.6 Å². The second-order valence-electron chi connectivity index (χ2n) is 11.1. The predicted molar refractivity (Wildman–Crippen MR) is 127 cm³/mol. The van der Waals surface area contributed by atoms with Crippen LogP contribution in [-0.2, 0) is 20.8 Å². The lowest BCUT2D eigenvalue weighted by molar-refractivity contribution is -0.147. The molecule has 2 aliphatic heterocycles. The van der Waals surface area contributed by atoms with Crippen LogP contribution < -0.4 is 9.47 Å². The van der Waals surface area contributed by atoms with Crippen molar-refractivity contribution in [1.29, 1.82) is 0 Å². The normalized spacial score (nSPS) is 36.2. The fourth-order valence-electron chi connectivity index (χ4n) is 7.21. The fraction of sp³-hybridized carbons (Fsp3) is 0.741. The van der Waals surface area contributed by atoms with Gasteiger partial charge in [0, 0.05) is 32.2 Å². The zero-order valence-corrected chi connectivity index (χ0v) is 20.8. The van der Waals surface area contributed by atoms with E-state index in [-0.39, 0.29) is 41.5 Å². The van der Waals surface area contributed by atoms with E-state index in [0.717, 1.165) is 38.0 Å². The van der Waals surface area contributed by atoms with Gasteiger partial charge in [0.25, 0.3) is 0 Å². The summed E-state index contributed by atoms with van der Waals surface area (Å²) in [5.41, 5.74) is 1.36. The zero-order valence-electron chi connectivity index (χ0n) is 20.8. The molecule has 0 aromatic heterocycles. The Morgan fingerprint density at radius 1 is 1.21 bits per heavy atom. The summed E-state index contributed by atoms with van der Waals surface area (Å²) in [6.45, 7) is 5.44. The van der Waals surface area contributed by atoms with Crippen LogP contribution in [0, 0.1) is 23.2 Å². The molecule has 2 heterocycles. The van der Waals surface area contributed by atoms with Gasteiger partial charge in [-0.25, -0.2) is 0 Å². The highest BCUT2D eigenvalue weighted by Gasteiger charge is 2.65. The summed E-state index contributed by atoms with van der Waals surface area (Å²) in [4.78, 5) is 15.4.